The summed E-state index contributed by atoms with van der Waals surface area (Å²) in [6.07, 6.45) is 0. The number of hydrogen-bond acceptors (Lipinski definition) is 2. The summed E-state index contributed by atoms with van der Waals surface area (Å²) in [6, 6.07) is 16.8. The van der Waals surface area contributed by atoms with Crippen LogP contribution < -0.4 is 4.90 Å². The molecule has 112 valence electrons. The molecule has 1 heterocycles. The molecule has 22 heavy (non-hydrogen) atoms. The maximum atomic E-state index is 13.0. The lowest BCUT2D eigenvalue weighted by Crippen LogP contribution is -2.50. The number of hydrogen-bond donors (Lipinski definition) is 0. The highest BCUT2D eigenvalue weighted by atomic mass is 79.9. The van der Waals surface area contributed by atoms with Crippen LogP contribution in [0.1, 0.15) is 27.7 Å². The van der Waals surface area contributed by atoms with Gasteiger partial charge in [0.1, 0.15) is 0 Å². The number of Topliss-reactive ketones (excluding diaryl/α,β-unsaturated/α-hetero) is 1. The SMILES string of the molecule is CC(=O)N1c2ccccc2C(=O)C1(Br)C(Br)c1ccccc1. The van der Waals surface area contributed by atoms with Crippen molar-refractivity contribution in [3.63, 3.8) is 0 Å². The summed E-state index contributed by atoms with van der Waals surface area (Å²) in [4.78, 5) is 26.4. The zero-order valence-corrected chi connectivity index (χ0v) is 15.0. The summed E-state index contributed by atoms with van der Waals surface area (Å²) >= 11 is 7.19. The maximum absolute atomic E-state index is 13.0. The number of alkyl halides is 2. The number of para-hydroxylation sites is 1. The van der Waals surface area contributed by atoms with Gasteiger partial charge in [-0.1, -0.05) is 74.3 Å². The monoisotopic (exact) mass is 421 g/mol. The predicted octanol–water partition coefficient (Wildman–Crippen LogP) is 4.46. The predicted molar refractivity (Wildman–Crippen MR) is 93.7 cm³/mol. The van der Waals surface area contributed by atoms with Crippen LogP contribution in [-0.4, -0.2) is 16.1 Å². The smallest absolute Gasteiger partial charge is 0.225 e. The molecule has 0 saturated carbocycles. The molecule has 0 saturated heterocycles. The van der Waals surface area contributed by atoms with Crippen molar-refractivity contribution < 1.29 is 9.59 Å². The molecule has 2 atom stereocenters. The number of carbonyl (C=O) groups is 2. The van der Waals surface area contributed by atoms with E-state index in [0.717, 1.165) is 5.56 Å². The van der Waals surface area contributed by atoms with Gasteiger partial charge in [0.05, 0.1) is 10.5 Å². The van der Waals surface area contributed by atoms with Gasteiger partial charge in [-0.05, 0) is 17.7 Å². The maximum Gasteiger partial charge on any atom is 0.225 e. The van der Waals surface area contributed by atoms with Crippen molar-refractivity contribution in [3.8, 4) is 0 Å². The third-order valence-corrected chi connectivity index (χ3v) is 6.75. The normalized spacial score (nSPS) is 21.6. The van der Waals surface area contributed by atoms with Crippen LogP contribution in [0.25, 0.3) is 0 Å². The Balaban J connectivity index is 2.16. The van der Waals surface area contributed by atoms with Crippen LogP contribution in [0.4, 0.5) is 5.69 Å². The second-order valence-corrected chi connectivity index (χ2v) is 7.27. The highest BCUT2D eigenvalue weighted by molar-refractivity contribution is 9.12. The Bertz CT molecular complexity index is 747. The Morgan fingerprint density at radius 2 is 1.68 bits per heavy atom. The van der Waals surface area contributed by atoms with Crippen LogP contribution in [-0.2, 0) is 4.79 Å². The van der Waals surface area contributed by atoms with Gasteiger partial charge >= 0.3 is 0 Å². The molecule has 3 rings (SSSR count). The minimum absolute atomic E-state index is 0.121. The van der Waals surface area contributed by atoms with Crippen molar-refractivity contribution in [2.45, 2.75) is 16.2 Å². The lowest BCUT2D eigenvalue weighted by Gasteiger charge is -2.35. The molecule has 5 heteroatoms. The van der Waals surface area contributed by atoms with E-state index in [1.54, 1.807) is 18.2 Å². The summed E-state index contributed by atoms with van der Waals surface area (Å²) < 4.78 is -1.16. The quantitative estimate of drug-likeness (QED) is 0.529. The molecule has 1 aliphatic rings. The molecule has 1 aliphatic heterocycles. The van der Waals surface area contributed by atoms with Crippen molar-refractivity contribution >= 4 is 49.2 Å². The number of benzene rings is 2. The van der Waals surface area contributed by atoms with E-state index in [1.807, 2.05) is 36.4 Å². The zero-order chi connectivity index (χ0) is 15.9. The Morgan fingerprint density at radius 1 is 1.09 bits per heavy atom. The molecule has 1 amide bonds. The molecule has 0 N–H and O–H groups in total. The lowest BCUT2D eigenvalue weighted by molar-refractivity contribution is -0.116. The average Bonchev–Trinajstić information content (AvgIpc) is 2.77. The molecular formula is C17H13Br2NO2. The van der Waals surface area contributed by atoms with Gasteiger partial charge in [-0.2, -0.15) is 0 Å². The Hall–Kier alpha value is -1.46. The van der Waals surface area contributed by atoms with E-state index in [0.29, 0.717) is 11.3 Å². The summed E-state index contributed by atoms with van der Waals surface area (Å²) in [5, 5.41) is 0. The van der Waals surface area contributed by atoms with Crippen LogP contribution in [0.3, 0.4) is 0 Å². The van der Waals surface area contributed by atoms with Gasteiger partial charge in [-0.25, -0.2) is 0 Å². The largest absolute Gasteiger partial charge is 0.290 e. The van der Waals surface area contributed by atoms with Crippen molar-refractivity contribution in [2.75, 3.05) is 4.90 Å². The third-order valence-electron chi connectivity index (χ3n) is 3.78. The summed E-state index contributed by atoms with van der Waals surface area (Å²) in [5.74, 6) is -0.306. The van der Waals surface area contributed by atoms with Gasteiger partial charge in [-0.3, -0.25) is 14.5 Å². The number of fused-ring (bicyclic) bond motifs is 1. The van der Waals surface area contributed by atoms with E-state index in [4.69, 9.17) is 0 Å². The first-order valence-corrected chi connectivity index (χ1v) is 8.51. The second-order valence-electron chi connectivity index (χ2n) is 5.15. The molecule has 0 radical (unpaired) electrons. The first-order chi connectivity index (χ1) is 10.5. The molecule has 3 nitrogen and oxygen atoms in total. The Morgan fingerprint density at radius 3 is 2.32 bits per heavy atom. The van der Waals surface area contributed by atoms with Crippen LogP contribution in [0, 0.1) is 0 Å². The molecule has 0 bridgehead atoms. The molecule has 0 aromatic heterocycles. The van der Waals surface area contributed by atoms with E-state index in [2.05, 4.69) is 31.9 Å². The number of halogens is 2. The molecule has 2 aromatic carbocycles. The third kappa shape index (κ3) is 2.15. The van der Waals surface area contributed by atoms with E-state index in [-0.39, 0.29) is 16.5 Å². The zero-order valence-electron chi connectivity index (χ0n) is 11.8. The Kier molecular flexibility index (Phi) is 3.95. The second kappa shape index (κ2) is 5.63. The molecular weight excluding hydrogens is 410 g/mol. The highest BCUT2D eigenvalue weighted by Gasteiger charge is 2.55. The summed E-state index contributed by atoms with van der Waals surface area (Å²) in [7, 11) is 0. The highest BCUT2D eigenvalue weighted by Crippen LogP contribution is 2.52. The van der Waals surface area contributed by atoms with E-state index < -0.39 is 4.45 Å². The number of carbonyl (C=O) groups excluding carboxylic acids is 2. The first-order valence-electron chi connectivity index (χ1n) is 6.80. The summed E-state index contributed by atoms with van der Waals surface area (Å²) in [6.45, 7) is 1.47. The van der Waals surface area contributed by atoms with E-state index >= 15 is 0 Å². The van der Waals surface area contributed by atoms with Crippen LogP contribution in [0.15, 0.2) is 54.6 Å². The van der Waals surface area contributed by atoms with Crippen LogP contribution in [0.2, 0.25) is 0 Å². The Labute approximate surface area is 145 Å². The lowest BCUT2D eigenvalue weighted by atomic mass is 10.0. The number of ketones is 1. The van der Waals surface area contributed by atoms with Gasteiger partial charge in [0.25, 0.3) is 0 Å². The van der Waals surface area contributed by atoms with Gasteiger partial charge in [-0.15, -0.1) is 0 Å². The minimum Gasteiger partial charge on any atom is -0.290 e. The van der Waals surface area contributed by atoms with Gasteiger partial charge < -0.3 is 0 Å². The molecule has 2 unspecified atom stereocenters. The average molecular weight is 423 g/mol. The van der Waals surface area contributed by atoms with Crippen molar-refractivity contribution in [1.29, 1.82) is 0 Å². The number of anilines is 1. The van der Waals surface area contributed by atoms with Crippen molar-refractivity contribution in [2.24, 2.45) is 0 Å². The standard InChI is InChI=1S/C17H13Br2NO2/c1-11(21)20-14-10-6-5-9-13(14)16(22)17(20,19)15(18)12-7-3-2-4-8-12/h2-10,15H,1H3. The topological polar surface area (TPSA) is 37.4 Å². The minimum atomic E-state index is -1.16. The van der Waals surface area contributed by atoms with Gasteiger partial charge in [0.2, 0.25) is 11.7 Å². The van der Waals surface area contributed by atoms with E-state index in [9.17, 15) is 9.59 Å². The first kappa shape index (κ1) is 15.4. The molecule has 0 aliphatic carbocycles. The van der Waals surface area contributed by atoms with E-state index in [1.165, 1.54) is 11.8 Å². The summed E-state index contributed by atoms with van der Waals surface area (Å²) in [5.41, 5.74) is 2.11. The fraction of sp³-hybridized carbons (Fsp3) is 0.176. The molecule has 0 fully saturated rings. The van der Waals surface area contributed by atoms with Crippen molar-refractivity contribution in [1.82, 2.24) is 0 Å². The van der Waals surface area contributed by atoms with Gasteiger partial charge in [0, 0.05) is 12.5 Å². The van der Waals surface area contributed by atoms with Crippen molar-refractivity contribution in [3.05, 3.63) is 65.7 Å². The van der Waals surface area contributed by atoms with Crippen LogP contribution >= 0.6 is 31.9 Å². The molecule has 2 aromatic rings. The fourth-order valence-electron chi connectivity index (χ4n) is 2.80. The van der Waals surface area contributed by atoms with Gasteiger partial charge in [0.15, 0.2) is 4.45 Å². The molecule has 0 spiro atoms. The number of amides is 1. The number of rotatable bonds is 2. The fourth-order valence-corrected chi connectivity index (χ4v) is 4.43. The number of nitrogens with zero attached hydrogens (tertiary/aromatic N) is 1. The van der Waals surface area contributed by atoms with Crippen LogP contribution in [0.5, 0.6) is 0 Å².